The van der Waals surface area contributed by atoms with Gasteiger partial charge in [0.25, 0.3) is 5.91 Å². The zero-order chi connectivity index (χ0) is 13.4. The van der Waals surface area contributed by atoms with Crippen molar-refractivity contribution in [1.29, 1.82) is 5.26 Å². The van der Waals surface area contributed by atoms with Crippen LogP contribution in [-0.2, 0) is 11.4 Å². The average Bonchev–Trinajstić information content (AvgIpc) is 2.37. The summed E-state index contributed by atoms with van der Waals surface area (Å²) in [4.78, 5) is 15.4. The van der Waals surface area contributed by atoms with Gasteiger partial charge in [0.2, 0.25) is 0 Å². The van der Waals surface area contributed by atoms with Crippen LogP contribution in [0.3, 0.4) is 0 Å². The molecule has 96 valence electrons. The molecule has 1 aromatic heterocycles. The van der Waals surface area contributed by atoms with E-state index in [1.54, 1.807) is 19.1 Å². The fourth-order valence-corrected chi connectivity index (χ4v) is 1.29. The number of nitriles is 1. The van der Waals surface area contributed by atoms with Crippen molar-refractivity contribution in [1.82, 2.24) is 10.3 Å². The highest BCUT2D eigenvalue weighted by Crippen LogP contribution is 2.16. The molecule has 1 heterocycles. The zero-order valence-corrected chi connectivity index (χ0v) is 10.1. The number of carbonyl (C=O) groups is 1. The predicted octanol–water partition coefficient (Wildman–Crippen LogP) is 0.291. The summed E-state index contributed by atoms with van der Waals surface area (Å²) in [5.41, 5.74) is 1.17. The van der Waals surface area contributed by atoms with Crippen molar-refractivity contribution >= 4 is 5.91 Å². The standard InChI is InChI=1S/C12H15N3O3/c1-9-3-4-11(10(7-16)15-9)18-8-12(17)14-6-2-5-13/h3-4,16H,2,6-8H2,1H3,(H,14,17). The molecule has 6 nitrogen and oxygen atoms in total. The minimum Gasteiger partial charge on any atom is -0.482 e. The molecule has 6 heteroatoms. The van der Waals surface area contributed by atoms with Gasteiger partial charge in [0.05, 0.1) is 19.1 Å². The number of rotatable bonds is 6. The van der Waals surface area contributed by atoms with E-state index in [4.69, 9.17) is 15.1 Å². The summed E-state index contributed by atoms with van der Waals surface area (Å²) in [6, 6.07) is 5.32. The van der Waals surface area contributed by atoms with Crippen LogP contribution in [0, 0.1) is 18.3 Å². The van der Waals surface area contributed by atoms with Crippen molar-refractivity contribution in [2.45, 2.75) is 20.0 Å². The number of nitrogens with zero attached hydrogens (tertiary/aromatic N) is 2. The first kappa shape index (κ1) is 13.9. The minimum absolute atomic E-state index is 0.164. The van der Waals surface area contributed by atoms with Crippen LogP contribution in [0.1, 0.15) is 17.8 Å². The molecule has 0 fully saturated rings. The van der Waals surface area contributed by atoms with E-state index in [1.165, 1.54) is 0 Å². The van der Waals surface area contributed by atoms with E-state index in [0.717, 1.165) is 5.69 Å². The Morgan fingerprint density at radius 2 is 2.39 bits per heavy atom. The maximum absolute atomic E-state index is 11.3. The SMILES string of the molecule is Cc1ccc(OCC(=O)NCCC#N)c(CO)n1. The van der Waals surface area contributed by atoms with Crippen molar-refractivity contribution < 1.29 is 14.6 Å². The van der Waals surface area contributed by atoms with Gasteiger partial charge in [-0.05, 0) is 19.1 Å². The molecule has 18 heavy (non-hydrogen) atoms. The maximum atomic E-state index is 11.3. The Morgan fingerprint density at radius 3 is 3.06 bits per heavy atom. The van der Waals surface area contributed by atoms with Gasteiger partial charge in [0.15, 0.2) is 6.61 Å². The molecular formula is C12H15N3O3. The third-order valence-electron chi connectivity index (χ3n) is 2.14. The lowest BCUT2D eigenvalue weighted by molar-refractivity contribution is -0.123. The van der Waals surface area contributed by atoms with Gasteiger partial charge in [0, 0.05) is 12.2 Å². The highest BCUT2D eigenvalue weighted by molar-refractivity contribution is 5.77. The predicted molar refractivity (Wildman–Crippen MR) is 63.6 cm³/mol. The van der Waals surface area contributed by atoms with Crippen LogP contribution < -0.4 is 10.1 Å². The van der Waals surface area contributed by atoms with Crippen molar-refractivity contribution in [3.63, 3.8) is 0 Å². The van der Waals surface area contributed by atoms with Crippen molar-refractivity contribution in [2.75, 3.05) is 13.2 Å². The molecule has 1 rings (SSSR count). The van der Waals surface area contributed by atoms with E-state index in [0.29, 0.717) is 18.0 Å². The first-order valence-corrected chi connectivity index (χ1v) is 5.51. The molecule has 0 spiro atoms. The smallest absolute Gasteiger partial charge is 0.257 e. The van der Waals surface area contributed by atoms with Crippen LogP contribution in [0.5, 0.6) is 5.75 Å². The summed E-state index contributed by atoms with van der Waals surface area (Å²) < 4.78 is 5.26. The lowest BCUT2D eigenvalue weighted by Crippen LogP contribution is -2.29. The highest BCUT2D eigenvalue weighted by Gasteiger charge is 2.07. The van der Waals surface area contributed by atoms with E-state index < -0.39 is 0 Å². The third kappa shape index (κ3) is 4.39. The van der Waals surface area contributed by atoms with Gasteiger partial charge in [-0.15, -0.1) is 0 Å². The van der Waals surface area contributed by atoms with Gasteiger partial charge < -0.3 is 15.2 Å². The van der Waals surface area contributed by atoms with E-state index in [1.807, 2.05) is 6.07 Å². The molecule has 0 aliphatic carbocycles. The lowest BCUT2D eigenvalue weighted by atomic mass is 10.3. The number of hydrogen-bond donors (Lipinski definition) is 2. The number of hydrogen-bond acceptors (Lipinski definition) is 5. The summed E-state index contributed by atoms with van der Waals surface area (Å²) in [5.74, 6) is 0.0771. The second-order valence-corrected chi connectivity index (χ2v) is 3.60. The van der Waals surface area contributed by atoms with Crippen LogP contribution >= 0.6 is 0 Å². The number of pyridine rings is 1. The monoisotopic (exact) mass is 249 g/mol. The summed E-state index contributed by atoms with van der Waals surface area (Å²) in [5, 5.41) is 19.9. The second kappa shape index (κ2) is 7.25. The van der Waals surface area contributed by atoms with Gasteiger partial charge in [-0.25, -0.2) is 0 Å². The number of nitrogens with one attached hydrogen (secondary N) is 1. The largest absolute Gasteiger partial charge is 0.482 e. The Hall–Kier alpha value is -2.13. The fraction of sp³-hybridized carbons (Fsp3) is 0.417. The molecule has 1 aromatic rings. The number of aliphatic hydroxyl groups excluding tert-OH is 1. The Balaban J connectivity index is 2.48. The minimum atomic E-state index is -0.310. The average molecular weight is 249 g/mol. The first-order chi connectivity index (χ1) is 8.67. The molecule has 0 atom stereocenters. The van der Waals surface area contributed by atoms with Crippen molar-refractivity contribution in [3.8, 4) is 11.8 Å². The molecule has 1 amide bonds. The number of aromatic nitrogens is 1. The van der Waals surface area contributed by atoms with Crippen LogP contribution in [0.15, 0.2) is 12.1 Å². The molecule has 0 bridgehead atoms. The summed E-state index contributed by atoms with van der Waals surface area (Å²) >= 11 is 0. The van der Waals surface area contributed by atoms with Crippen LogP contribution in [0.2, 0.25) is 0 Å². The van der Waals surface area contributed by atoms with Crippen molar-refractivity contribution in [2.24, 2.45) is 0 Å². The Labute approximate surface area is 105 Å². The van der Waals surface area contributed by atoms with E-state index in [9.17, 15) is 4.79 Å². The first-order valence-electron chi connectivity index (χ1n) is 5.51. The molecule has 0 aromatic carbocycles. The summed E-state index contributed by atoms with van der Waals surface area (Å²) in [7, 11) is 0. The Bertz CT molecular complexity index is 454. The van der Waals surface area contributed by atoms with E-state index in [2.05, 4.69) is 10.3 Å². The number of aliphatic hydroxyl groups is 1. The normalized spacial score (nSPS) is 9.61. The van der Waals surface area contributed by atoms with Gasteiger partial charge in [-0.3, -0.25) is 9.78 Å². The Kier molecular flexibility index (Phi) is 5.61. The molecule has 2 N–H and O–H groups in total. The summed E-state index contributed by atoms with van der Waals surface area (Å²) in [6.45, 7) is 1.70. The highest BCUT2D eigenvalue weighted by atomic mass is 16.5. The van der Waals surface area contributed by atoms with Crippen molar-refractivity contribution in [3.05, 3.63) is 23.5 Å². The number of amides is 1. The molecule has 0 unspecified atom stereocenters. The van der Waals surface area contributed by atoms with Crippen LogP contribution in [0.25, 0.3) is 0 Å². The Morgan fingerprint density at radius 1 is 1.61 bits per heavy atom. The van der Waals surface area contributed by atoms with Crippen LogP contribution in [0.4, 0.5) is 0 Å². The van der Waals surface area contributed by atoms with E-state index >= 15 is 0 Å². The number of carbonyl (C=O) groups excluding carboxylic acids is 1. The van der Waals surface area contributed by atoms with E-state index in [-0.39, 0.29) is 25.5 Å². The van der Waals surface area contributed by atoms with Crippen LogP contribution in [-0.4, -0.2) is 29.1 Å². The topological polar surface area (TPSA) is 95.2 Å². The molecule has 0 saturated heterocycles. The zero-order valence-electron chi connectivity index (χ0n) is 10.1. The molecule has 0 saturated carbocycles. The molecular weight excluding hydrogens is 234 g/mol. The quantitative estimate of drug-likeness (QED) is 0.706. The third-order valence-corrected chi connectivity index (χ3v) is 2.14. The number of aryl methyl sites for hydroxylation is 1. The molecule has 0 aliphatic heterocycles. The van der Waals surface area contributed by atoms with Gasteiger partial charge in [-0.1, -0.05) is 0 Å². The molecule has 0 aliphatic rings. The summed E-state index contributed by atoms with van der Waals surface area (Å²) in [6.07, 6.45) is 0.264. The maximum Gasteiger partial charge on any atom is 0.257 e. The van der Waals surface area contributed by atoms with Gasteiger partial charge in [0.1, 0.15) is 11.4 Å². The number of ether oxygens (including phenoxy) is 1. The molecule has 0 radical (unpaired) electrons. The second-order valence-electron chi connectivity index (χ2n) is 3.60. The van der Waals surface area contributed by atoms with Gasteiger partial charge in [-0.2, -0.15) is 5.26 Å². The van der Waals surface area contributed by atoms with Gasteiger partial charge >= 0.3 is 0 Å². The lowest BCUT2D eigenvalue weighted by Gasteiger charge is -2.09. The fourth-order valence-electron chi connectivity index (χ4n) is 1.29.